The maximum Gasteiger partial charge on any atom is 0.144 e. The van der Waals surface area contributed by atoms with Crippen LogP contribution in [0.15, 0.2) is 48.8 Å². The smallest absolute Gasteiger partial charge is 0.144 e. The zero-order valence-corrected chi connectivity index (χ0v) is 14.8. The molecular formula is C18H16ClFN4O2. The Morgan fingerprint density at radius 1 is 0.885 bits per heavy atom. The second kappa shape index (κ2) is 7.88. The quantitative estimate of drug-likeness (QED) is 0.647. The third-order valence-electron chi connectivity index (χ3n) is 3.52. The second-order valence-corrected chi connectivity index (χ2v) is 5.64. The van der Waals surface area contributed by atoms with Crippen molar-refractivity contribution in [3.8, 4) is 11.5 Å². The lowest BCUT2D eigenvalue weighted by atomic mass is 10.2. The largest absolute Gasteiger partial charge is 0.495 e. The lowest BCUT2D eigenvalue weighted by Crippen LogP contribution is -2.00. The maximum atomic E-state index is 13.0. The van der Waals surface area contributed by atoms with Crippen molar-refractivity contribution in [1.82, 2.24) is 9.97 Å². The zero-order valence-electron chi connectivity index (χ0n) is 14.1. The first-order valence-electron chi connectivity index (χ1n) is 7.62. The molecule has 0 amide bonds. The fraction of sp³-hybridized carbons (Fsp3) is 0.111. The third kappa shape index (κ3) is 4.12. The van der Waals surface area contributed by atoms with Gasteiger partial charge in [0.05, 0.1) is 24.9 Å². The Kier molecular flexibility index (Phi) is 5.38. The highest BCUT2D eigenvalue weighted by molar-refractivity contribution is 6.32. The average molecular weight is 375 g/mol. The van der Waals surface area contributed by atoms with Gasteiger partial charge in [0, 0.05) is 23.9 Å². The van der Waals surface area contributed by atoms with E-state index in [1.807, 2.05) is 0 Å². The standard InChI is InChI=1S/C18H16ClFN4O2/c1-25-15-8-14(16(26-2)7-13(15)19)24-18-9-17(21-10-22-18)23-12-5-3-11(20)4-6-12/h3-10H,1-2H3,(H2,21,22,23,24). The minimum atomic E-state index is -0.302. The van der Waals surface area contributed by atoms with Gasteiger partial charge in [0.25, 0.3) is 0 Å². The van der Waals surface area contributed by atoms with E-state index in [1.165, 1.54) is 25.6 Å². The summed E-state index contributed by atoms with van der Waals surface area (Å²) in [6, 6.07) is 11.1. The van der Waals surface area contributed by atoms with Crippen LogP contribution in [0.2, 0.25) is 5.02 Å². The first-order valence-corrected chi connectivity index (χ1v) is 8.00. The first kappa shape index (κ1) is 17.8. The molecule has 3 aromatic rings. The van der Waals surface area contributed by atoms with Crippen LogP contribution in [0.3, 0.4) is 0 Å². The molecule has 1 heterocycles. The van der Waals surface area contributed by atoms with Gasteiger partial charge < -0.3 is 20.1 Å². The number of rotatable bonds is 6. The number of hydrogen-bond donors (Lipinski definition) is 2. The van der Waals surface area contributed by atoms with Gasteiger partial charge in [-0.3, -0.25) is 0 Å². The van der Waals surface area contributed by atoms with Gasteiger partial charge in [0.2, 0.25) is 0 Å². The topological polar surface area (TPSA) is 68.3 Å². The van der Waals surface area contributed by atoms with E-state index in [2.05, 4.69) is 20.6 Å². The van der Waals surface area contributed by atoms with Crippen LogP contribution in [0.4, 0.5) is 27.4 Å². The van der Waals surface area contributed by atoms with Crippen LogP contribution >= 0.6 is 11.6 Å². The molecular weight excluding hydrogens is 359 g/mol. The summed E-state index contributed by atoms with van der Waals surface area (Å²) < 4.78 is 23.6. The van der Waals surface area contributed by atoms with Gasteiger partial charge >= 0.3 is 0 Å². The van der Waals surface area contributed by atoms with Crippen molar-refractivity contribution in [3.05, 3.63) is 59.6 Å². The number of nitrogens with one attached hydrogen (secondary N) is 2. The number of aromatic nitrogens is 2. The van der Waals surface area contributed by atoms with Crippen molar-refractivity contribution in [3.63, 3.8) is 0 Å². The lowest BCUT2D eigenvalue weighted by Gasteiger charge is -2.14. The molecule has 8 heteroatoms. The minimum Gasteiger partial charge on any atom is -0.495 e. The number of methoxy groups -OCH3 is 2. The van der Waals surface area contributed by atoms with E-state index in [1.54, 1.807) is 37.4 Å². The molecule has 0 aliphatic carbocycles. The molecule has 0 unspecified atom stereocenters. The Hall–Kier alpha value is -3.06. The molecule has 0 saturated carbocycles. The number of anilines is 4. The maximum absolute atomic E-state index is 13.0. The molecule has 3 rings (SSSR count). The summed E-state index contributed by atoms with van der Waals surface area (Å²) in [4.78, 5) is 8.35. The number of ether oxygens (including phenoxy) is 2. The summed E-state index contributed by atoms with van der Waals surface area (Å²) in [5.74, 6) is 1.84. The van der Waals surface area contributed by atoms with Gasteiger partial charge in [-0.15, -0.1) is 0 Å². The van der Waals surface area contributed by atoms with Crippen LogP contribution in [0.1, 0.15) is 0 Å². The Bertz CT molecular complexity index is 906. The molecule has 2 N–H and O–H groups in total. The van der Waals surface area contributed by atoms with Crippen molar-refractivity contribution in [2.45, 2.75) is 0 Å². The molecule has 0 aliphatic heterocycles. The van der Waals surface area contributed by atoms with Gasteiger partial charge in [-0.2, -0.15) is 0 Å². The third-order valence-corrected chi connectivity index (χ3v) is 3.82. The SMILES string of the molecule is COc1cc(Nc2cc(Nc3ccc(F)cc3)ncn2)c(OC)cc1Cl. The summed E-state index contributed by atoms with van der Waals surface area (Å²) in [6.07, 6.45) is 1.41. The number of benzene rings is 2. The Balaban J connectivity index is 1.83. The van der Waals surface area contributed by atoms with Gasteiger partial charge in [0.15, 0.2) is 0 Å². The van der Waals surface area contributed by atoms with E-state index >= 15 is 0 Å². The van der Waals surface area contributed by atoms with Gasteiger partial charge in [-0.25, -0.2) is 14.4 Å². The van der Waals surface area contributed by atoms with Gasteiger partial charge in [0.1, 0.15) is 35.3 Å². The van der Waals surface area contributed by atoms with Crippen LogP contribution in [0.5, 0.6) is 11.5 Å². The van der Waals surface area contributed by atoms with E-state index in [-0.39, 0.29) is 5.82 Å². The Labute approximate surface area is 155 Å². The predicted octanol–water partition coefficient (Wildman–Crippen LogP) is 4.77. The van der Waals surface area contributed by atoms with Crippen molar-refractivity contribution in [1.29, 1.82) is 0 Å². The van der Waals surface area contributed by atoms with E-state index in [0.717, 1.165) is 0 Å². The summed E-state index contributed by atoms with van der Waals surface area (Å²) in [6.45, 7) is 0. The molecule has 0 spiro atoms. The van der Waals surface area contributed by atoms with E-state index < -0.39 is 0 Å². The van der Waals surface area contributed by atoms with Crippen molar-refractivity contribution >= 4 is 34.6 Å². The normalized spacial score (nSPS) is 10.3. The van der Waals surface area contributed by atoms with Crippen LogP contribution in [0, 0.1) is 5.82 Å². The Morgan fingerprint density at radius 2 is 1.54 bits per heavy atom. The van der Waals surface area contributed by atoms with E-state index in [0.29, 0.717) is 39.5 Å². The predicted molar refractivity (Wildman–Crippen MR) is 99.6 cm³/mol. The van der Waals surface area contributed by atoms with Gasteiger partial charge in [-0.05, 0) is 24.3 Å². The number of nitrogens with zero attached hydrogens (tertiary/aromatic N) is 2. The number of halogens is 2. The average Bonchev–Trinajstić information content (AvgIpc) is 2.65. The summed E-state index contributed by atoms with van der Waals surface area (Å²) in [7, 11) is 3.08. The van der Waals surface area contributed by atoms with Crippen LogP contribution in [0.25, 0.3) is 0 Å². The van der Waals surface area contributed by atoms with E-state index in [4.69, 9.17) is 21.1 Å². The van der Waals surface area contributed by atoms with Crippen molar-refractivity contribution in [2.24, 2.45) is 0 Å². The molecule has 0 atom stereocenters. The molecule has 2 aromatic carbocycles. The van der Waals surface area contributed by atoms with Crippen LogP contribution in [-0.2, 0) is 0 Å². The molecule has 1 aromatic heterocycles. The first-order chi connectivity index (χ1) is 12.6. The van der Waals surface area contributed by atoms with Crippen molar-refractivity contribution in [2.75, 3.05) is 24.9 Å². The summed E-state index contributed by atoms with van der Waals surface area (Å²) >= 11 is 6.11. The van der Waals surface area contributed by atoms with Crippen molar-refractivity contribution < 1.29 is 13.9 Å². The fourth-order valence-corrected chi connectivity index (χ4v) is 2.50. The highest BCUT2D eigenvalue weighted by atomic mass is 35.5. The van der Waals surface area contributed by atoms with Crippen LogP contribution < -0.4 is 20.1 Å². The lowest BCUT2D eigenvalue weighted by molar-refractivity contribution is 0.405. The van der Waals surface area contributed by atoms with Gasteiger partial charge in [-0.1, -0.05) is 11.6 Å². The molecule has 26 heavy (non-hydrogen) atoms. The fourth-order valence-electron chi connectivity index (χ4n) is 2.27. The zero-order chi connectivity index (χ0) is 18.5. The molecule has 0 aliphatic rings. The molecule has 6 nitrogen and oxygen atoms in total. The molecule has 0 saturated heterocycles. The van der Waals surface area contributed by atoms with E-state index in [9.17, 15) is 4.39 Å². The number of hydrogen-bond acceptors (Lipinski definition) is 6. The molecule has 0 fully saturated rings. The highest BCUT2D eigenvalue weighted by Gasteiger charge is 2.11. The molecule has 134 valence electrons. The highest BCUT2D eigenvalue weighted by Crippen LogP contribution is 2.37. The summed E-state index contributed by atoms with van der Waals surface area (Å²) in [5.41, 5.74) is 1.35. The molecule has 0 radical (unpaired) electrons. The summed E-state index contributed by atoms with van der Waals surface area (Å²) in [5, 5.41) is 6.67. The van der Waals surface area contributed by atoms with Crippen LogP contribution in [-0.4, -0.2) is 24.2 Å². The minimum absolute atomic E-state index is 0.302. The monoisotopic (exact) mass is 374 g/mol. The second-order valence-electron chi connectivity index (χ2n) is 5.23. The molecule has 0 bridgehead atoms. The Morgan fingerprint density at radius 3 is 2.19 bits per heavy atom.